The molecule has 1 amide bonds. The van der Waals surface area contributed by atoms with Gasteiger partial charge in [-0.3, -0.25) is 4.79 Å². The average molecular weight is 292 g/mol. The second-order valence-electron chi connectivity index (χ2n) is 5.10. The van der Waals surface area contributed by atoms with E-state index in [-0.39, 0.29) is 18.4 Å². The Balaban J connectivity index is 1.86. The number of benzene rings is 1. The van der Waals surface area contributed by atoms with Gasteiger partial charge in [-0.15, -0.1) is 0 Å². The van der Waals surface area contributed by atoms with Gasteiger partial charge in [0.2, 0.25) is 5.91 Å². The van der Waals surface area contributed by atoms with Crippen LogP contribution in [0.4, 0.5) is 5.69 Å². The molecule has 1 saturated carbocycles. The van der Waals surface area contributed by atoms with Gasteiger partial charge in [0.15, 0.2) is 0 Å². The van der Waals surface area contributed by atoms with Gasteiger partial charge in [0, 0.05) is 11.6 Å². The smallest absolute Gasteiger partial charge is 0.227 e. The van der Waals surface area contributed by atoms with Crippen molar-refractivity contribution < 1.29 is 9.53 Å². The van der Waals surface area contributed by atoms with Crippen molar-refractivity contribution in [3.05, 3.63) is 24.3 Å². The molecule has 1 aliphatic carbocycles. The Kier molecular flexibility index (Phi) is 5.35. The Morgan fingerprint density at radius 1 is 1.25 bits per heavy atom. The molecule has 1 fully saturated rings. The molecule has 0 saturated heterocycles. The minimum absolute atomic E-state index is 0.126. The Bertz CT molecular complexity index is 467. The van der Waals surface area contributed by atoms with E-state index in [4.69, 9.17) is 22.7 Å². The summed E-state index contributed by atoms with van der Waals surface area (Å²) in [6, 6.07) is 7.26. The first-order valence-electron chi connectivity index (χ1n) is 6.97. The monoisotopic (exact) mass is 292 g/mol. The van der Waals surface area contributed by atoms with Crippen LogP contribution in [0, 0.1) is 5.92 Å². The second kappa shape index (κ2) is 7.24. The van der Waals surface area contributed by atoms with E-state index in [1.165, 1.54) is 6.42 Å². The zero-order chi connectivity index (χ0) is 14.4. The highest BCUT2D eigenvalue weighted by Gasteiger charge is 2.20. The molecule has 5 heteroatoms. The molecule has 20 heavy (non-hydrogen) atoms. The number of nitrogens with one attached hydrogen (secondary N) is 1. The number of rotatable bonds is 5. The van der Waals surface area contributed by atoms with E-state index in [9.17, 15) is 4.79 Å². The molecular formula is C15H20N2O2S. The van der Waals surface area contributed by atoms with Gasteiger partial charge < -0.3 is 15.8 Å². The van der Waals surface area contributed by atoms with Gasteiger partial charge >= 0.3 is 0 Å². The second-order valence-corrected chi connectivity index (χ2v) is 5.63. The predicted octanol–water partition coefficient (Wildman–Crippen LogP) is 2.87. The fourth-order valence-corrected chi connectivity index (χ4v) is 2.46. The molecule has 0 aliphatic heterocycles. The van der Waals surface area contributed by atoms with Gasteiger partial charge in [-0.05, 0) is 37.1 Å². The molecule has 0 unspecified atom stereocenters. The third kappa shape index (κ3) is 4.49. The molecule has 0 bridgehead atoms. The third-order valence-corrected chi connectivity index (χ3v) is 3.60. The van der Waals surface area contributed by atoms with Crippen LogP contribution >= 0.6 is 12.2 Å². The summed E-state index contributed by atoms with van der Waals surface area (Å²) in [5.41, 5.74) is 6.16. The molecule has 4 nitrogen and oxygen atoms in total. The maximum atomic E-state index is 12.1. The summed E-state index contributed by atoms with van der Waals surface area (Å²) in [6.45, 7) is 0.225. The molecule has 108 valence electrons. The highest BCUT2D eigenvalue weighted by Crippen LogP contribution is 2.25. The molecule has 1 aromatic rings. The Hall–Kier alpha value is -1.62. The van der Waals surface area contributed by atoms with Crippen LogP contribution < -0.4 is 15.8 Å². The van der Waals surface area contributed by atoms with Gasteiger partial charge in [0.25, 0.3) is 0 Å². The summed E-state index contributed by atoms with van der Waals surface area (Å²) in [4.78, 5) is 12.4. The summed E-state index contributed by atoms with van der Waals surface area (Å²) in [7, 11) is 0. The van der Waals surface area contributed by atoms with Crippen LogP contribution in [0.25, 0.3) is 0 Å². The van der Waals surface area contributed by atoms with Crippen molar-refractivity contribution in [1.82, 2.24) is 0 Å². The van der Waals surface area contributed by atoms with Crippen molar-refractivity contribution in [1.29, 1.82) is 0 Å². The lowest BCUT2D eigenvalue weighted by molar-refractivity contribution is -0.120. The van der Waals surface area contributed by atoms with Crippen LogP contribution in [0.15, 0.2) is 24.3 Å². The zero-order valence-corrected chi connectivity index (χ0v) is 12.2. The maximum Gasteiger partial charge on any atom is 0.227 e. The van der Waals surface area contributed by atoms with E-state index in [0.717, 1.165) is 31.4 Å². The molecule has 2 rings (SSSR count). The lowest BCUT2D eigenvalue weighted by Crippen LogP contribution is -2.24. The number of carbonyl (C=O) groups excluding carboxylic acids is 1. The standard InChI is InChI=1S/C15H20N2O2S/c16-14(20)10-19-13-8-6-12(7-9-13)17-15(18)11-4-2-1-3-5-11/h6-9,11H,1-5,10H2,(H2,16,20)(H,17,18). The first-order valence-corrected chi connectivity index (χ1v) is 7.38. The summed E-state index contributed by atoms with van der Waals surface area (Å²) >= 11 is 4.75. The number of thiocarbonyl (C=S) groups is 1. The number of hydrogen-bond acceptors (Lipinski definition) is 3. The highest BCUT2D eigenvalue weighted by atomic mass is 32.1. The summed E-state index contributed by atoms with van der Waals surface area (Å²) in [5.74, 6) is 0.976. The van der Waals surface area contributed by atoms with Crippen LogP contribution in [0.3, 0.4) is 0 Å². The number of hydrogen-bond donors (Lipinski definition) is 2. The number of nitrogens with two attached hydrogens (primary N) is 1. The number of amides is 1. The normalized spacial score (nSPS) is 15.6. The van der Waals surface area contributed by atoms with Gasteiger partial charge in [-0.25, -0.2) is 0 Å². The van der Waals surface area contributed by atoms with E-state index in [1.807, 2.05) is 12.1 Å². The van der Waals surface area contributed by atoms with E-state index in [0.29, 0.717) is 10.7 Å². The van der Waals surface area contributed by atoms with Crippen LogP contribution in [0.5, 0.6) is 5.75 Å². The largest absolute Gasteiger partial charge is 0.487 e. The van der Waals surface area contributed by atoms with Crippen LogP contribution in [-0.2, 0) is 4.79 Å². The van der Waals surface area contributed by atoms with Crippen molar-refractivity contribution in [2.45, 2.75) is 32.1 Å². The van der Waals surface area contributed by atoms with Crippen LogP contribution in [0.1, 0.15) is 32.1 Å². The highest BCUT2D eigenvalue weighted by molar-refractivity contribution is 7.80. The van der Waals surface area contributed by atoms with E-state index in [2.05, 4.69) is 5.32 Å². The van der Waals surface area contributed by atoms with E-state index in [1.54, 1.807) is 12.1 Å². The zero-order valence-electron chi connectivity index (χ0n) is 11.4. The fraction of sp³-hybridized carbons (Fsp3) is 0.467. The fourth-order valence-electron chi connectivity index (χ4n) is 2.40. The summed E-state index contributed by atoms with van der Waals surface area (Å²) in [6.07, 6.45) is 5.56. The summed E-state index contributed by atoms with van der Waals surface area (Å²) < 4.78 is 5.36. The quantitative estimate of drug-likeness (QED) is 0.819. The van der Waals surface area contributed by atoms with Crippen molar-refractivity contribution in [3.8, 4) is 5.75 Å². The van der Waals surface area contributed by atoms with Crippen LogP contribution in [-0.4, -0.2) is 17.5 Å². The van der Waals surface area contributed by atoms with Gasteiger partial charge in [-0.1, -0.05) is 31.5 Å². The molecular weight excluding hydrogens is 272 g/mol. The Morgan fingerprint density at radius 3 is 2.50 bits per heavy atom. The lowest BCUT2D eigenvalue weighted by Gasteiger charge is -2.20. The average Bonchev–Trinajstić information content (AvgIpc) is 2.47. The first-order chi connectivity index (χ1) is 9.65. The van der Waals surface area contributed by atoms with E-state index < -0.39 is 0 Å². The third-order valence-electron chi connectivity index (χ3n) is 3.48. The molecule has 0 aromatic heterocycles. The molecule has 1 aromatic carbocycles. The van der Waals surface area contributed by atoms with Gasteiger partial charge in [0.05, 0.1) is 0 Å². The number of carbonyl (C=O) groups is 1. The first kappa shape index (κ1) is 14.8. The number of ether oxygens (including phenoxy) is 1. The van der Waals surface area contributed by atoms with Gasteiger partial charge in [0.1, 0.15) is 17.3 Å². The van der Waals surface area contributed by atoms with Gasteiger partial charge in [-0.2, -0.15) is 0 Å². The van der Waals surface area contributed by atoms with Crippen LogP contribution in [0.2, 0.25) is 0 Å². The van der Waals surface area contributed by atoms with E-state index >= 15 is 0 Å². The topological polar surface area (TPSA) is 64.3 Å². The van der Waals surface area contributed by atoms with Crippen molar-refractivity contribution in [3.63, 3.8) is 0 Å². The van der Waals surface area contributed by atoms with Crippen molar-refractivity contribution in [2.24, 2.45) is 11.7 Å². The van der Waals surface area contributed by atoms with Crippen molar-refractivity contribution >= 4 is 28.8 Å². The minimum atomic E-state index is 0.126. The maximum absolute atomic E-state index is 12.1. The van der Waals surface area contributed by atoms with Crippen molar-refractivity contribution in [2.75, 3.05) is 11.9 Å². The molecule has 1 aliphatic rings. The molecule has 0 heterocycles. The predicted molar refractivity (Wildman–Crippen MR) is 83.9 cm³/mol. The number of anilines is 1. The molecule has 0 atom stereocenters. The molecule has 0 spiro atoms. The molecule has 3 N–H and O–H groups in total. The minimum Gasteiger partial charge on any atom is -0.487 e. The SMILES string of the molecule is NC(=S)COc1ccc(NC(=O)C2CCCCC2)cc1. The Morgan fingerprint density at radius 2 is 1.90 bits per heavy atom. The summed E-state index contributed by atoms with van der Waals surface area (Å²) in [5, 5.41) is 2.96. The Labute approximate surface area is 124 Å². The lowest BCUT2D eigenvalue weighted by atomic mass is 9.88. The molecule has 0 radical (unpaired) electrons.